The van der Waals surface area contributed by atoms with Crippen molar-refractivity contribution in [1.82, 2.24) is 19.9 Å². The zero-order valence-corrected chi connectivity index (χ0v) is 10.8. The van der Waals surface area contributed by atoms with Crippen LogP contribution < -0.4 is 5.73 Å². The molecule has 2 N–H and O–H groups in total. The van der Waals surface area contributed by atoms with Gasteiger partial charge in [0.15, 0.2) is 0 Å². The SMILES string of the molecule is NCc1nccnc1Sc1ncnc2ccccc12. The molecule has 0 aliphatic carbocycles. The van der Waals surface area contributed by atoms with E-state index in [1.54, 1.807) is 18.7 Å². The maximum atomic E-state index is 5.67. The van der Waals surface area contributed by atoms with Gasteiger partial charge in [0.1, 0.15) is 16.4 Å². The third-order valence-electron chi connectivity index (χ3n) is 2.63. The summed E-state index contributed by atoms with van der Waals surface area (Å²) >= 11 is 1.46. The van der Waals surface area contributed by atoms with Crippen LogP contribution in [0.4, 0.5) is 0 Å². The molecule has 0 radical (unpaired) electrons. The fourth-order valence-corrected chi connectivity index (χ4v) is 2.67. The standard InChI is InChI=1S/C13H11N5S/c14-7-11-13(16-6-5-15-11)19-12-9-3-1-2-4-10(9)17-8-18-12/h1-6,8H,7,14H2. The van der Waals surface area contributed by atoms with Crippen LogP contribution in [0.3, 0.4) is 0 Å². The third-order valence-corrected chi connectivity index (χ3v) is 3.68. The van der Waals surface area contributed by atoms with Gasteiger partial charge in [-0.2, -0.15) is 0 Å². The van der Waals surface area contributed by atoms with Gasteiger partial charge in [-0.05, 0) is 17.8 Å². The molecule has 94 valence electrons. The number of para-hydroxylation sites is 1. The number of aromatic nitrogens is 4. The van der Waals surface area contributed by atoms with Crippen LogP contribution in [0.25, 0.3) is 10.9 Å². The molecule has 0 aliphatic rings. The number of benzene rings is 1. The Labute approximate surface area is 114 Å². The highest BCUT2D eigenvalue weighted by Crippen LogP contribution is 2.30. The van der Waals surface area contributed by atoms with Crippen LogP contribution in [-0.2, 0) is 6.54 Å². The van der Waals surface area contributed by atoms with Crippen molar-refractivity contribution in [2.45, 2.75) is 16.6 Å². The molecule has 6 heteroatoms. The van der Waals surface area contributed by atoms with Gasteiger partial charge in [-0.15, -0.1) is 0 Å². The highest BCUT2D eigenvalue weighted by atomic mass is 32.2. The Morgan fingerprint density at radius 1 is 0.947 bits per heavy atom. The molecule has 0 fully saturated rings. The summed E-state index contributed by atoms with van der Waals surface area (Å²) in [5.74, 6) is 0. The Hall–Kier alpha value is -2.05. The van der Waals surface area contributed by atoms with E-state index in [2.05, 4.69) is 19.9 Å². The molecule has 0 saturated heterocycles. The van der Waals surface area contributed by atoms with Crippen molar-refractivity contribution in [3.63, 3.8) is 0 Å². The number of rotatable bonds is 3. The molecule has 0 unspecified atom stereocenters. The number of nitrogens with zero attached hydrogens (tertiary/aromatic N) is 4. The maximum Gasteiger partial charge on any atom is 0.125 e. The van der Waals surface area contributed by atoms with Crippen molar-refractivity contribution < 1.29 is 0 Å². The lowest BCUT2D eigenvalue weighted by atomic mass is 10.2. The minimum Gasteiger partial charge on any atom is -0.325 e. The molecular weight excluding hydrogens is 258 g/mol. The van der Waals surface area contributed by atoms with Gasteiger partial charge in [0, 0.05) is 24.3 Å². The molecule has 2 aromatic heterocycles. The number of nitrogens with two attached hydrogens (primary N) is 1. The lowest BCUT2D eigenvalue weighted by Crippen LogP contribution is -2.02. The van der Waals surface area contributed by atoms with E-state index < -0.39 is 0 Å². The first-order valence-electron chi connectivity index (χ1n) is 5.76. The van der Waals surface area contributed by atoms with Crippen LogP contribution in [-0.4, -0.2) is 19.9 Å². The van der Waals surface area contributed by atoms with Gasteiger partial charge in [0.2, 0.25) is 0 Å². The average molecular weight is 269 g/mol. The smallest absolute Gasteiger partial charge is 0.125 e. The van der Waals surface area contributed by atoms with Gasteiger partial charge < -0.3 is 5.73 Å². The lowest BCUT2D eigenvalue weighted by molar-refractivity contribution is 0.885. The first-order chi connectivity index (χ1) is 9.38. The summed E-state index contributed by atoms with van der Waals surface area (Å²) in [5.41, 5.74) is 7.36. The summed E-state index contributed by atoms with van der Waals surface area (Å²) < 4.78 is 0. The Morgan fingerprint density at radius 3 is 2.68 bits per heavy atom. The predicted octanol–water partition coefficient (Wildman–Crippen LogP) is 2.03. The van der Waals surface area contributed by atoms with Crippen LogP contribution in [0.2, 0.25) is 0 Å². The molecule has 0 atom stereocenters. The molecule has 0 saturated carbocycles. The van der Waals surface area contributed by atoms with Crippen LogP contribution >= 0.6 is 11.8 Å². The molecular formula is C13H11N5S. The topological polar surface area (TPSA) is 77.6 Å². The van der Waals surface area contributed by atoms with E-state index in [9.17, 15) is 0 Å². The fourth-order valence-electron chi connectivity index (χ4n) is 1.73. The minimum atomic E-state index is 0.360. The van der Waals surface area contributed by atoms with Crippen LogP contribution in [0.5, 0.6) is 0 Å². The van der Waals surface area contributed by atoms with Crippen molar-refractivity contribution in [2.75, 3.05) is 0 Å². The molecule has 5 nitrogen and oxygen atoms in total. The second kappa shape index (κ2) is 5.29. The summed E-state index contributed by atoms with van der Waals surface area (Å²) in [6.07, 6.45) is 4.86. The average Bonchev–Trinajstić information content (AvgIpc) is 2.48. The van der Waals surface area contributed by atoms with Gasteiger partial charge in [0.25, 0.3) is 0 Å². The minimum absolute atomic E-state index is 0.360. The zero-order valence-electron chi connectivity index (χ0n) is 10.0. The lowest BCUT2D eigenvalue weighted by Gasteiger charge is -2.06. The third kappa shape index (κ3) is 2.40. The molecule has 0 aliphatic heterocycles. The fraction of sp³-hybridized carbons (Fsp3) is 0.0769. The Kier molecular flexibility index (Phi) is 3.35. The Morgan fingerprint density at radius 2 is 1.79 bits per heavy atom. The van der Waals surface area contributed by atoms with Gasteiger partial charge in [-0.1, -0.05) is 18.2 Å². The molecule has 2 heterocycles. The molecule has 3 rings (SSSR count). The molecule has 19 heavy (non-hydrogen) atoms. The molecule has 3 aromatic rings. The van der Waals surface area contributed by atoms with Crippen LogP contribution in [0.15, 0.2) is 53.0 Å². The highest BCUT2D eigenvalue weighted by Gasteiger charge is 2.09. The normalized spacial score (nSPS) is 10.8. The first-order valence-corrected chi connectivity index (χ1v) is 6.57. The second-order valence-corrected chi connectivity index (χ2v) is 4.79. The molecule has 0 bridgehead atoms. The summed E-state index contributed by atoms with van der Waals surface area (Å²) in [6.45, 7) is 0.360. The van der Waals surface area contributed by atoms with Crippen molar-refractivity contribution in [3.8, 4) is 0 Å². The zero-order chi connectivity index (χ0) is 13.1. The Bertz CT molecular complexity index is 711. The molecule has 1 aromatic carbocycles. The van der Waals surface area contributed by atoms with Gasteiger partial charge in [0.05, 0.1) is 11.2 Å². The summed E-state index contributed by atoms with van der Waals surface area (Å²) in [7, 11) is 0. The monoisotopic (exact) mass is 269 g/mol. The number of hydrogen-bond acceptors (Lipinski definition) is 6. The quantitative estimate of drug-likeness (QED) is 0.733. The first kappa shape index (κ1) is 12.0. The van der Waals surface area contributed by atoms with Crippen LogP contribution in [0.1, 0.15) is 5.69 Å². The van der Waals surface area contributed by atoms with Gasteiger partial charge in [-0.3, -0.25) is 4.98 Å². The summed E-state index contributed by atoms with van der Waals surface area (Å²) in [6, 6.07) is 7.88. The molecule has 0 spiro atoms. The van der Waals surface area contributed by atoms with Gasteiger partial charge >= 0.3 is 0 Å². The van der Waals surface area contributed by atoms with E-state index in [4.69, 9.17) is 5.73 Å². The van der Waals surface area contributed by atoms with Crippen molar-refractivity contribution in [2.24, 2.45) is 5.73 Å². The van der Waals surface area contributed by atoms with E-state index >= 15 is 0 Å². The number of hydrogen-bond donors (Lipinski definition) is 1. The van der Waals surface area contributed by atoms with E-state index in [1.165, 1.54) is 11.8 Å². The van der Waals surface area contributed by atoms with E-state index in [-0.39, 0.29) is 0 Å². The largest absolute Gasteiger partial charge is 0.325 e. The van der Waals surface area contributed by atoms with Crippen molar-refractivity contribution in [3.05, 3.63) is 48.7 Å². The van der Waals surface area contributed by atoms with Crippen LogP contribution in [0, 0.1) is 0 Å². The van der Waals surface area contributed by atoms with Crippen molar-refractivity contribution >= 4 is 22.7 Å². The second-order valence-electron chi connectivity index (χ2n) is 3.81. The maximum absolute atomic E-state index is 5.67. The summed E-state index contributed by atoms with van der Waals surface area (Å²) in [5, 5.41) is 2.65. The van der Waals surface area contributed by atoms with E-state index in [1.807, 2.05) is 24.3 Å². The van der Waals surface area contributed by atoms with Crippen molar-refractivity contribution in [1.29, 1.82) is 0 Å². The van der Waals surface area contributed by atoms with E-state index in [0.717, 1.165) is 26.6 Å². The Balaban J connectivity index is 2.06. The molecule has 0 amide bonds. The summed E-state index contributed by atoms with van der Waals surface area (Å²) in [4.78, 5) is 17.1. The van der Waals surface area contributed by atoms with E-state index in [0.29, 0.717) is 6.54 Å². The van der Waals surface area contributed by atoms with Gasteiger partial charge in [-0.25, -0.2) is 15.0 Å². The highest BCUT2D eigenvalue weighted by molar-refractivity contribution is 7.99. The predicted molar refractivity (Wildman–Crippen MR) is 73.6 cm³/mol. The number of fused-ring (bicyclic) bond motifs is 1.